The Labute approximate surface area is 118 Å². The minimum atomic E-state index is -0.540. The van der Waals surface area contributed by atoms with Crippen LogP contribution in [0.2, 0.25) is 0 Å². The van der Waals surface area contributed by atoms with E-state index in [-0.39, 0.29) is 23.4 Å². The van der Waals surface area contributed by atoms with E-state index in [2.05, 4.69) is 27.6 Å². The normalized spacial score (nSPS) is 11.9. The summed E-state index contributed by atoms with van der Waals surface area (Å²) in [7, 11) is 0. The van der Waals surface area contributed by atoms with Crippen molar-refractivity contribution < 1.29 is 4.92 Å². The Morgan fingerprint density at radius 2 is 2.05 bits per heavy atom. The van der Waals surface area contributed by atoms with Crippen molar-refractivity contribution in [3.8, 4) is 0 Å². The molecule has 4 N–H and O–H groups in total. The first kappa shape index (κ1) is 16.1. The van der Waals surface area contributed by atoms with Crippen LogP contribution in [0.3, 0.4) is 0 Å². The molecule has 1 aromatic heterocycles. The molecule has 0 spiro atoms. The third-order valence-electron chi connectivity index (χ3n) is 3.02. The van der Waals surface area contributed by atoms with E-state index in [1.54, 1.807) is 0 Å². The van der Waals surface area contributed by atoms with Crippen molar-refractivity contribution in [3.05, 3.63) is 16.4 Å². The molecule has 1 aromatic rings. The number of anilines is 2. The van der Waals surface area contributed by atoms with Crippen molar-refractivity contribution in [2.24, 2.45) is 5.84 Å². The largest absolute Gasteiger partial charge is 0.362 e. The second kappa shape index (κ2) is 8.26. The van der Waals surface area contributed by atoms with E-state index >= 15 is 0 Å². The summed E-state index contributed by atoms with van der Waals surface area (Å²) in [6.07, 6.45) is 6.83. The number of hydrogen-bond acceptors (Lipinski definition) is 7. The molecule has 0 radical (unpaired) electrons. The molecule has 8 nitrogen and oxygen atoms in total. The lowest BCUT2D eigenvalue weighted by Crippen LogP contribution is -2.19. The molecular weight excluding hydrogens is 260 g/mol. The lowest BCUT2D eigenvalue weighted by atomic mass is 10.1. The van der Waals surface area contributed by atoms with Crippen molar-refractivity contribution in [3.63, 3.8) is 0 Å². The number of nitrogen functional groups attached to an aromatic ring is 1. The minimum Gasteiger partial charge on any atom is -0.362 e. The first-order chi connectivity index (χ1) is 9.60. The van der Waals surface area contributed by atoms with Gasteiger partial charge in [-0.15, -0.1) is 0 Å². The molecule has 0 saturated heterocycles. The predicted molar refractivity (Wildman–Crippen MR) is 78.3 cm³/mol. The number of nitrogens with zero attached hydrogens (tertiary/aromatic N) is 3. The first-order valence-corrected chi connectivity index (χ1v) is 6.82. The first-order valence-electron chi connectivity index (χ1n) is 6.82. The second-order valence-corrected chi connectivity index (χ2v) is 4.72. The SMILES string of the molecule is CCCCCCC(C)Nc1ncnc(NN)c1[N+](=O)[O-]. The van der Waals surface area contributed by atoms with Gasteiger partial charge in [0, 0.05) is 6.04 Å². The molecule has 0 aromatic carbocycles. The Morgan fingerprint density at radius 3 is 2.65 bits per heavy atom. The van der Waals surface area contributed by atoms with E-state index < -0.39 is 4.92 Å². The van der Waals surface area contributed by atoms with E-state index in [1.807, 2.05) is 6.92 Å². The molecule has 1 heterocycles. The quantitative estimate of drug-likeness (QED) is 0.275. The van der Waals surface area contributed by atoms with Gasteiger partial charge in [-0.05, 0) is 13.3 Å². The average Bonchev–Trinajstić information content (AvgIpc) is 2.43. The van der Waals surface area contributed by atoms with Crippen molar-refractivity contribution in [2.45, 2.75) is 52.0 Å². The summed E-state index contributed by atoms with van der Waals surface area (Å²) in [5.74, 6) is 5.43. The molecule has 1 rings (SSSR count). The van der Waals surface area contributed by atoms with Crippen LogP contribution in [0.4, 0.5) is 17.3 Å². The van der Waals surface area contributed by atoms with Crippen molar-refractivity contribution in [1.82, 2.24) is 9.97 Å². The van der Waals surface area contributed by atoms with Crippen LogP contribution in [0.1, 0.15) is 46.0 Å². The summed E-state index contributed by atoms with van der Waals surface area (Å²) in [6.45, 7) is 4.14. The van der Waals surface area contributed by atoms with E-state index in [0.717, 1.165) is 12.8 Å². The van der Waals surface area contributed by atoms with Crippen LogP contribution in [-0.4, -0.2) is 20.9 Å². The Bertz CT molecular complexity index is 440. The molecule has 112 valence electrons. The molecule has 20 heavy (non-hydrogen) atoms. The zero-order chi connectivity index (χ0) is 15.0. The predicted octanol–water partition coefficient (Wildman–Crippen LogP) is 2.44. The lowest BCUT2D eigenvalue weighted by molar-refractivity contribution is -0.383. The molecule has 8 heteroatoms. The molecular formula is C12H22N6O2. The molecule has 0 aliphatic heterocycles. The highest BCUT2D eigenvalue weighted by Gasteiger charge is 2.23. The second-order valence-electron chi connectivity index (χ2n) is 4.72. The fraction of sp³-hybridized carbons (Fsp3) is 0.667. The van der Waals surface area contributed by atoms with Gasteiger partial charge in [-0.3, -0.25) is 10.1 Å². The van der Waals surface area contributed by atoms with E-state index in [9.17, 15) is 10.1 Å². The van der Waals surface area contributed by atoms with Gasteiger partial charge in [-0.2, -0.15) is 0 Å². The van der Waals surface area contributed by atoms with Crippen LogP contribution in [-0.2, 0) is 0 Å². The van der Waals surface area contributed by atoms with Gasteiger partial charge in [0.1, 0.15) is 6.33 Å². The minimum absolute atomic E-state index is 0.00526. The van der Waals surface area contributed by atoms with E-state index in [4.69, 9.17) is 5.84 Å². The standard InChI is InChI=1S/C12H22N6O2/c1-3-4-5-6-7-9(2)16-11-10(18(19)20)12(17-13)15-8-14-11/h8-9H,3-7,13H2,1-2H3,(H2,14,15,16,17). The van der Waals surface area contributed by atoms with Gasteiger partial charge in [0.2, 0.25) is 11.6 Å². The average molecular weight is 282 g/mol. The summed E-state index contributed by atoms with van der Waals surface area (Å²) >= 11 is 0. The number of nitrogens with two attached hydrogens (primary N) is 1. The van der Waals surface area contributed by atoms with Crippen LogP contribution >= 0.6 is 0 Å². The molecule has 0 saturated carbocycles. The zero-order valence-corrected chi connectivity index (χ0v) is 11.9. The van der Waals surface area contributed by atoms with Crippen molar-refractivity contribution in [2.75, 3.05) is 10.7 Å². The number of nitrogens with one attached hydrogen (secondary N) is 2. The van der Waals surface area contributed by atoms with Gasteiger partial charge in [0.05, 0.1) is 4.92 Å². The van der Waals surface area contributed by atoms with Gasteiger partial charge >= 0.3 is 5.69 Å². The van der Waals surface area contributed by atoms with Gasteiger partial charge in [-0.25, -0.2) is 15.8 Å². The third-order valence-corrected chi connectivity index (χ3v) is 3.02. The summed E-state index contributed by atoms with van der Waals surface area (Å²) in [5.41, 5.74) is 1.99. The molecule has 1 unspecified atom stereocenters. The Balaban J connectivity index is 2.69. The maximum Gasteiger partial charge on any atom is 0.354 e. The Morgan fingerprint density at radius 1 is 1.35 bits per heavy atom. The highest BCUT2D eigenvalue weighted by Crippen LogP contribution is 2.28. The maximum absolute atomic E-state index is 11.1. The number of hydrogen-bond donors (Lipinski definition) is 3. The van der Waals surface area contributed by atoms with Crippen LogP contribution < -0.4 is 16.6 Å². The lowest BCUT2D eigenvalue weighted by Gasteiger charge is -2.14. The summed E-state index contributed by atoms with van der Waals surface area (Å²) < 4.78 is 0. The van der Waals surface area contributed by atoms with Gasteiger partial charge in [0.15, 0.2) is 0 Å². The fourth-order valence-corrected chi connectivity index (χ4v) is 1.95. The van der Waals surface area contributed by atoms with Crippen LogP contribution in [0.15, 0.2) is 6.33 Å². The monoisotopic (exact) mass is 282 g/mol. The molecule has 0 aliphatic carbocycles. The summed E-state index contributed by atoms with van der Waals surface area (Å²) in [4.78, 5) is 18.2. The van der Waals surface area contributed by atoms with Gasteiger partial charge in [0.25, 0.3) is 0 Å². The number of nitro groups is 1. The van der Waals surface area contributed by atoms with Gasteiger partial charge < -0.3 is 10.7 Å². The number of hydrazine groups is 1. The molecule has 0 aliphatic rings. The van der Waals surface area contributed by atoms with E-state index in [1.165, 1.54) is 25.6 Å². The number of rotatable bonds is 9. The topological polar surface area (TPSA) is 119 Å². The summed E-state index contributed by atoms with van der Waals surface area (Å²) in [5, 5.41) is 14.1. The highest BCUT2D eigenvalue weighted by atomic mass is 16.6. The zero-order valence-electron chi connectivity index (χ0n) is 11.9. The van der Waals surface area contributed by atoms with Gasteiger partial charge in [-0.1, -0.05) is 32.6 Å². The maximum atomic E-state index is 11.1. The highest BCUT2D eigenvalue weighted by molar-refractivity contribution is 5.68. The van der Waals surface area contributed by atoms with Crippen LogP contribution in [0.5, 0.6) is 0 Å². The smallest absolute Gasteiger partial charge is 0.354 e. The Hall–Kier alpha value is -1.96. The number of aromatic nitrogens is 2. The van der Waals surface area contributed by atoms with E-state index in [0.29, 0.717) is 0 Å². The van der Waals surface area contributed by atoms with Crippen LogP contribution in [0, 0.1) is 10.1 Å². The number of unbranched alkanes of at least 4 members (excludes halogenated alkanes) is 3. The summed E-state index contributed by atoms with van der Waals surface area (Å²) in [6, 6.07) is 0.103. The molecule has 0 fully saturated rings. The molecule has 0 bridgehead atoms. The van der Waals surface area contributed by atoms with Crippen molar-refractivity contribution >= 4 is 17.3 Å². The Kier molecular flexibility index (Phi) is 6.65. The van der Waals surface area contributed by atoms with Crippen molar-refractivity contribution in [1.29, 1.82) is 0 Å². The fourth-order valence-electron chi connectivity index (χ4n) is 1.95. The van der Waals surface area contributed by atoms with Crippen LogP contribution in [0.25, 0.3) is 0 Å². The molecule has 0 amide bonds. The third kappa shape index (κ3) is 4.61. The molecule has 1 atom stereocenters.